The third-order valence-electron chi connectivity index (χ3n) is 4.27. The van der Waals surface area contributed by atoms with Crippen molar-refractivity contribution in [1.29, 1.82) is 0 Å². The van der Waals surface area contributed by atoms with Gasteiger partial charge in [0.1, 0.15) is 11.5 Å². The number of benzene rings is 1. The van der Waals surface area contributed by atoms with Gasteiger partial charge in [-0.25, -0.2) is 0 Å². The minimum Gasteiger partial charge on any atom is -0.497 e. The summed E-state index contributed by atoms with van der Waals surface area (Å²) in [5, 5.41) is 8.09. The Morgan fingerprint density at radius 1 is 1.42 bits per heavy atom. The van der Waals surface area contributed by atoms with Crippen LogP contribution in [0.5, 0.6) is 11.5 Å². The van der Waals surface area contributed by atoms with Crippen LogP contribution < -0.4 is 20.3 Å². The summed E-state index contributed by atoms with van der Waals surface area (Å²) in [4.78, 5) is 23.6. The van der Waals surface area contributed by atoms with E-state index in [1.54, 1.807) is 14.0 Å². The second-order valence-electron chi connectivity index (χ2n) is 6.02. The van der Waals surface area contributed by atoms with E-state index in [0.29, 0.717) is 24.4 Å². The molecule has 128 valence electrons. The van der Waals surface area contributed by atoms with Gasteiger partial charge in [-0.2, -0.15) is 0 Å². The number of H-pyrrole nitrogens is 2. The topological polar surface area (TPSA) is 96.2 Å². The SMILES string of the molecule is COc1ccc2c(c1)OCC(CNC(=O)Cc1c(C)[nH][nH]c1=O)C2. The van der Waals surface area contributed by atoms with E-state index in [2.05, 4.69) is 15.5 Å². The van der Waals surface area contributed by atoms with Gasteiger partial charge < -0.3 is 19.9 Å². The first kappa shape index (κ1) is 16.2. The summed E-state index contributed by atoms with van der Waals surface area (Å²) < 4.78 is 11.0. The van der Waals surface area contributed by atoms with E-state index in [1.807, 2.05) is 18.2 Å². The largest absolute Gasteiger partial charge is 0.497 e. The van der Waals surface area contributed by atoms with Gasteiger partial charge in [-0.05, 0) is 25.0 Å². The Hall–Kier alpha value is -2.70. The highest BCUT2D eigenvalue weighted by molar-refractivity contribution is 5.78. The molecular weight excluding hydrogens is 310 g/mol. The van der Waals surface area contributed by atoms with Gasteiger partial charge in [-0.15, -0.1) is 0 Å². The molecule has 1 atom stereocenters. The number of aromatic amines is 2. The zero-order chi connectivity index (χ0) is 17.1. The quantitative estimate of drug-likeness (QED) is 0.759. The number of carbonyl (C=O) groups is 1. The minimum absolute atomic E-state index is 0.0754. The van der Waals surface area contributed by atoms with Crippen LogP contribution in [0.1, 0.15) is 16.8 Å². The van der Waals surface area contributed by atoms with E-state index in [0.717, 1.165) is 23.5 Å². The van der Waals surface area contributed by atoms with Gasteiger partial charge in [0.05, 0.1) is 20.1 Å². The Labute approximate surface area is 139 Å². The molecule has 1 unspecified atom stereocenters. The number of aromatic nitrogens is 2. The summed E-state index contributed by atoms with van der Waals surface area (Å²) in [7, 11) is 1.63. The molecule has 7 nitrogen and oxygen atoms in total. The van der Waals surface area contributed by atoms with Crippen LogP contribution in [0.2, 0.25) is 0 Å². The van der Waals surface area contributed by atoms with E-state index in [9.17, 15) is 9.59 Å². The van der Waals surface area contributed by atoms with Crippen LogP contribution in [-0.4, -0.2) is 36.4 Å². The van der Waals surface area contributed by atoms with E-state index in [-0.39, 0.29) is 23.8 Å². The van der Waals surface area contributed by atoms with Crippen LogP contribution >= 0.6 is 0 Å². The van der Waals surface area contributed by atoms with Crippen LogP contribution in [0.25, 0.3) is 0 Å². The average molecular weight is 331 g/mol. The molecule has 0 saturated heterocycles. The minimum atomic E-state index is -0.244. The van der Waals surface area contributed by atoms with E-state index in [1.165, 1.54) is 0 Å². The van der Waals surface area contributed by atoms with E-state index in [4.69, 9.17) is 9.47 Å². The number of aryl methyl sites for hydroxylation is 1. The number of ether oxygens (including phenoxy) is 2. The van der Waals surface area contributed by atoms with Gasteiger partial charge in [0.15, 0.2) is 0 Å². The fraction of sp³-hybridized carbons (Fsp3) is 0.412. The molecule has 3 N–H and O–H groups in total. The molecule has 24 heavy (non-hydrogen) atoms. The molecular formula is C17H21N3O4. The second kappa shape index (κ2) is 6.82. The Kier molecular flexibility index (Phi) is 4.59. The van der Waals surface area contributed by atoms with Gasteiger partial charge in [-0.3, -0.25) is 14.7 Å². The second-order valence-corrected chi connectivity index (χ2v) is 6.02. The van der Waals surface area contributed by atoms with Crippen molar-refractivity contribution >= 4 is 5.91 Å². The lowest BCUT2D eigenvalue weighted by Crippen LogP contribution is -2.36. The molecule has 1 aliphatic heterocycles. The Morgan fingerprint density at radius 2 is 2.25 bits per heavy atom. The molecule has 1 amide bonds. The maximum atomic E-state index is 12.1. The molecule has 1 aromatic carbocycles. The zero-order valence-corrected chi connectivity index (χ0v) is 13.8. The predicted octanol–water partition coefficient (Wildman–Crippen LogP) is 0.930. The van der Waals surface area contributed by atoms with Crippen molar-refractivity contribution in [3.8, 4) is 11.5 Å². The number of amides is 1. The molecule has 7 heteroatoms. The van der Waals surface area contributed by atoms with E-state index < -0.39 is 0 Å². The highest BCUT2D eigenvalue weighted by atomic mass is 16.5. The summed E-state index contributed by atoms with van der Waals surface area (Å²) in [5.41, 5.74) is 2.04. The standard InChI is InChI=1S/C17H21N3O4/c1-10-14(17(22)20-19-10)7-16(21)18-8-11-5-12-3-4-13(23-2)6-15(12)24-9-11/h3-4,6,11H,5,7-9H2,1-2H3,(H,18,21)(H2,19,20,22). The van der Waals surface area contributed by atoms with Crippen molar-refractivity contribution in [1.82, 2.24) is 15.5 Å². The first-order valence-corrected chi connectivity index (χ1v) is 7.89. The predicted molar refractivity (Wildman–Crippen MR) is 88.5 cm³/mol. The summed E-state index contributed by atoms with van der Waals surface area (Å²) in [5.74, 6) is 1.66. The highest BCUT2D eigenvalue weighted by Gasteiger charge is 2.21. The molecule has 3 rings (SSSR count). The van der Waals surface area contributed by atoms with Crippen molar-refractivity contribution < 1.29 is 14.3 Å². The Balaban J connectivity index is 1.54. The number of rotatable bonds is 5. The first-order chi connectivity index (χ1) is 11.6. The van der Waals surface area contributed by atoms with Crippen LogP contribution in [0, 0.1) is 12.8 Å². The molecule has 2 aromatic rings. The van der Waals surface area contributed by atoms with Crippen LogP contribution in [0.4, 0.5) is 0 Å². The normalized spacial score (nSPS) is 16.2. The number of methoxy groups -OCH3 is 1. The summed E-state index contributed by atoms with van der Waals surface area (Å²) in [6.07, 6.45) is 0.912. The lowest BCUT2D eigenvalue weighted by Gasteiger charge is -2.25. The third kappa shape index (κ3) is 3.45. The molecule has 0 aliphatic carbocycles. The van der Waals surface area contributed by atoms with Crippen molar-refractivity contribution in [3.63, 3.8) is 0 Å². The number of nitrogens with one attached hydrogen (secondary N) is 3. The highest BCUT2D eigenvalue weighted by Crippen LogP contribution is 2.30. The van der Waals surface area contributed by atoms with Crippen molar-refractivity contribution in [2.45, 2.75) is 19.8 Å². The maximum absolute atomic E-state index is 12.1. The third-order valence-corrected chi connectivity index (χ3v) is 4.27. The molecule has 0 saturated carbocycles. The lowest BCUT2D eigenvalue weighted by atomic mass is 9.96. The van der Waals surface area contributed by atoms with Crippen molar-refractivity contribution in [3.05, 3.63) is 45.4 Å². The molecule has 0 bridgehead atoms. The molecule has 1 aromatic heterocycles. The fourth-order valence-corrected chi connectivity index (χ4v) is 2.84. The van der Waals surface area contributed by atoms with Gasteiger partial charge >= 0.3 is 0 Å². The van der Waals surface area contributed by atoms with Gasteiger partial charge in [0, 0.05) is 29.8 Å². The Bertz CT molecular complexity index is 793. The van der Waals surface area contributed by atoms with Crippen LogP contribution in [0.15, 0.2) is 23.0 Å². The number of hydrogen-bond donors (Lipinski definition) is 3. The molecule has 0 spiro atoms. The Morgan fingerprint density at radius 3 is 2.96 bits per heavy atom. The van der Waals surface area contributed by atoms with Crippen molar-refractivity contribution in [2.75, 3.05) is 20.3 Å². The number of carbonyl (C=O) groups excluding carboxylic acids is 1. The summed E-state index contributed by atoms with van der Waals surface area (Å²) in [6.45, 7) is 2.83. The van der Waals surface area contributed by atoms with Gasteiger partial charge in [0.25, 0.3) is 5.56 Å². The number of fused-ring (bicyclic) bond motifs is 1. The average Bonchev–Trinajstić information content (AvgIpc) is 2.91. The smallest absolute Gasteiger partial charge is 0.267 e. The maximum Gasteiger partial charge on any atom is 0.267 e. The zero-order valence-electron chi connectivity index (χ0n) is 13.8. The molecule has 1 aliphatic rings. The molecule has 0 radical (unpaired) electrons. The lowest BCUT2D eigenvalue weighted by molar-refractivity contribution is -0.120. The van der Waals surface area contributed by atoms with Crippen LogP contribution in [0.3, 0.4) is 0 Å². The monoisotopic (exact) mass is 331 g/mol. The fourth-order valence-electron chi connectivity index (χ4n) is 2.84. The number of hydrogen-bond acceptors (Lipinski definition) is 4. The summed E-state index contributed by atoms with van der Waals surface area (Å²) in [6, 6.07) is 5.78. The summed E-state index contributed by atoms with van der Waals surface area (Å²) >= 11 is 0. The van der Waals surface area contributed by atoms with Gasteiger partial charge in [-0.1, -0.05) is 6.07 Å². The molecule has 0 fully saturated rings. The van der Waals surface area contributed by atoms with Crippen LogP contribution in [-0.2, 0) is 17.6 Å². The molecule has 2 heterocycles. The first-order valence-electron chi connectivity index (χ1n) is 7.89. The van der Waals surface area contributed by atoms with Crippen molar-refractivity contribution in [2.24, 2.45) is 5.92 Å². The van der Waals surface area contributed by atoms with Gasteiger partial charge in [0.2, 0.25) is 5.91 Å². The van der Waals surface area contributed by atoms with E-state index >= 15 is 0 Å².